The maximum absolute atomic E-state index is 14.0. The van der Waals surface area contributed by atoms with E-state index >= 15 is 0 Å². The number of rotatable bonds is 4. The molecular weight excluding hydrogens is 343 g/mol. The van der Waals surface area contributed by atoms with Crippen molar-refractivity contribution in [2.24, 2.45) is 0 Å². The van der Waals surface area contributed by atoms with Crippen LogP contribution in [-0.2, 0) is 6.54 Å². The van der Waals surface area contributed by atoms with E-state index in [4.69, 9.17) is 23.2 Å². The lowest BCUT2D eigenvalue weighted by Gasteiger charge is -2.24. The van der Waals surface area contributed by atoms with Crippen LogP contribution < -0.4 is 0 Å². The minimum Gasteiger partial charge on any atom is -0.331 e. The average molecular weight is 356 g/mol. The van der Waals surface area contributed by atoms with Gasteiger partial charge in [-0.2, -0.15) is 0 Å². The molecule has 1 fully saturated rings. The van der Waals surface area contributed by atoms with Gasteiger partial charge in [-0.1, -0.05) is 29.3 Å². The SMILES string of the molecule is O=C(c1ccc(F)cc1Cl)N(Cc1c(F)cccc1Cl)C1CC1. The highest BCUT2D eigenvalue weighted by molar-refractivity contribution is 6.34. The molecule has 23 heavy (non-hydrogen) atoms. The Morgan fingerprint density at radius 1 is 1.13 bits per heavy atom. The molecule has 0 saturated heterocycles. The second kappa shape index (κ2) is 6.46. The normalized spacial score (nSPS) is 13.9. The summed E-state index contributed by atoms with van der Waals surface area (Å²) < 4.78 is 27.2. The molecule has 3 rings (SSSR count). The van der Waals surface area contributed by atoms with Gasteiger partial charge in [-0.05, 0) is 43.2 Å². The van der Waals surface area contributed by atoms with Gasteiger partial charge >= 0.3 is 0 Å². The highest BCUT2D eigenvalue weighted by atomic mass is 35.5. The number of carbonyl (C=O) groups is 1. The van der Waals surface area contributed by atoms with Crippen molar-refractivity contribution in [1.82, 2.24) is 4.90 Å². The second-order valence-corrected chi connectivity index (χ2v) is 6.30. The van der Waals surface area contributed by atoms with Crippen LogP contribution >= 0.6 is 23.2 Å². The first kappa shape index (κ1) is 16.2. The minimum atomic E-state index is -0.512. The third-order valence-corrected chi connectivity index (χ3v) is 4.47. The summed E-state index contributed by atoms with van der Waals surface area (Å²) >= 11 is 12.0. The topological polar surface area (TPSA) is 20.3 Å². The molecule has 6 heteroatoms. The summed E-state index contributed by atoms with van der Waals surface area (Å²) in [5, 5.41) is 0.314. The summed E-state index contributed by atoms with van der Waals surface area (Å²) in [5.74, 6) is -1.32. The summed E-state index contributed by atoms with van der Waals surface area (Å²) in [6, 6.07) is 8.05. The summed E-state index contributed by atoms with van der Waals surface area (Å²) in [5.41, 5.74) is 0.472. The Labute approximate surface area is 142 Å². The van der Waals surface area contributed by atoms with E-state index in [9.17, 15) is 13.6 Å². The molecule has 0 unspecified atom stereocenters. The smallest absolute Gasteiger partial charge is 0.255 e. The van der Waals surface area contributed by atoms with Crippen molar-refractivity contribution in [1.29, 1.82) is 0 Å². The summed E-state index contributed by atoms with van der Waals surface area (Å²) in [4.78, 5) is 14.3. The molecule has 1 aliphatic rings. The molecule has 2 nitrogen and oxygen atoms in total. The maximum Gasteiger partial charge on any atom is 0.255 e. The predicted molar refractivity (Wildman–Crippen MR) is 85.7 cm³/mol. The predicted octanol–water partition coefficient (Wildman–Crippen LogP) is 5.08. The van der Waals surface area contributed by atoms with Crippen LogP contribution in [0.25, 0.3) is 0 Å². The molecule has 0 atom stereocenters. The van der Waals surface area contributed by atoms with Crippen LogP contribution in [0.5, 0.6) is 0 Å². The Morgan fingerprint density at radius 2 is 1.87 bits per heavy atom. The summed E-state index contributed by atoms with van der Waals surface area (Å²) in [6.45, 7) is 0.0582. The van der Waals surface area contributed by atoms with Crippen molar-refractivity contribution in [3.8, 4) is 0 Å². The Hall–Kier alpha value is -1.65. The van der Waals surface area contributed by atoms with E-state index in [1.54, 1.807) is 11.0 Å². The van der Waals surface area contributed by atoms with Gasteiger partial charge in [0.1, 0.15) is 11.6 Å². The molecule has 2 aromatic rings. The van der Waals surface area contributed by atoms with Crippen molar-refractivity contribution < 1.29 is 13.6 Å². The molecule has 0 N–H and O–H groups in total. The maximum atomic E-state index is 14.0. The Morgan fingerprint density at radius 3 is 2.48 bits per heavy atom. The number of benzene rings is 2. The largest absolute Gasteiger partial charge is 0.331 e. The number of carbonyl (C=O) groups excluding carboxylic acids is 1. The number of hydrogen-bond acceptors (Lipinski definition) is 1. The molecule has 0 heterocycles. The Bertz CT molecular complexity index is 742. The molecule has 0 radical (unpaired) electrons. The molecule has 1 amide bonds. The molecule has 1 aliphatic carbocycles. The van der Waals surface area contributed by atoms with E-state index in [1.807, 2.05) is 0 Å². The first-order chi connectivity index (χ1) is 11.0. The highest BCUT2D eigenvalue weighted by Crippen LogP contribution is 2.33. The van der Waals surface area contributed by atoms with Crippen LogP contribution in [0.4, 0.5) is 8.78 Å². The zero-order chi connectivity index (χ0) is 16.6. The molecule has 120 valence electrons. The van der Waals surface area contributed by atoms with Gasteiger partial charge in [0.15, 0.2) is 0 Å². The van der Waals surface area contributed by atoms with E-state index in [1.165, 1.54) is 24.3 Å². The lowest BCUT2D eigenvalue weighted by atomic mass is 10.1. The monoisotopic (exact) mass is 355 g/mol. The van der Waals surface area contributed by atoms with Crippen molar-refractivity contribution in [2.75, 3.05) is 0 Å². The first-order valence-electron chi connectivity index (χ1n) is 7.16. The quantitative estimate of drug-likeness (QED) is 0.749. The molecule has 2 aromatic carbocycles. The van der Waals surface area contributed by atoms with Crippen LogP contribution in [0, 0.1) is 11.6 Å². The van der Waals surface area contributed by atoms with Crippen LogP contribution in [0.1, 0.15) is 28.8 Å². The minimum absolute atomic E-state index is 0.0271. The lowest BCUT2D eigenvalue weighted by Crippen LogP contribution is -2.33. The van der Waals surface area contributed by atoms with Crippen molar-refractivity contribution in [3.05, 3.63) is 69.2 Å². The van der Waals surface area contributed by atoms with Crippen LogP contribution in [0.15, 0.2) is 36.4 Å². The van der Waals surface area contributed by atoms with Crippen molar-refractivity contribution >= 4 is 29.1 Å². The zero-order valence-corrected chi connectivity index (χ0v) is 13.5. The third kappa shape index (κ3) is 3.48. The van der Waals surface area contributed by atoms with Gasteiger partial charge in [-0.3, -0.25) is 4.79 Å². The Kier molecular flexibility index (Phi) is 4.55. The number of amides is 1. The van der Waals surface area contributed by atoms with Crippen LogP contribution in [-0.4, -0.2) is 16.8 Å². The van der Waals surface area contributed by atoms with Gasteiger partial charge in [0.25, 0.3) is 5.91 Å². The second-order valence-electron chi connectivity index (χ2n) is 5.49. The van der Waals surface area contributed by atoms with Gasteiger partial charge in [-0.15, -0.1) is 0 Å². The van der Waals surface area contributed by atoms with Crippen molar-refractivity contribution in [3.63, 3.8) is 0 Å². The summed E-state index contributed by atoms with van der Waals surface area (Å²) in [7, 11) is 0. The van der Waals surface area contributed by atoms with E-state index in [0.29, 0.717) is 0 Å². The molecule has 1 saturated carbocycles. The molecule has 0 aromatic heterocycles. The zero-order valence-electron chi connectivity index (χ0n) is 12.0. The van der Waals surface area contributed by atoms with Gasteiger partial charge in [0, 0.05) is 16.6 Å². The van der Waals surface area contributed by atoms with Crippen LogP contribution in [0.3, 0.4) is 0 Å². The number of nitrogens with zero attached hydrogens (tertiary/aromatic N) is 1. The fraction of sp³-hybridized carbons (Fsp3) is 0.235. The van der Waals surface area contributed by atoms with E-state index in [0.717, 1.165) is 18.9 Å². The molecule has 0 spiro atoms. The van der Waals surface area contributed by atoms with E-state index < -0.39 is 11.6 Å². The Balaban J connectivity index is 1.91. The van der Waals surface area contributed by atoms with E-state index in [2.05, 4.69) is 0 Å². The number of hydrogen-bond donors (Lipinski definition) is 0. The molecule has 0 bridgehead atoms. The van der Waals surface area contributed by atoms with Crippen LogP contribution in [0.2, 0.25) is 10.0 Å². The fourth-order valence-electron chi connectivity index (χ4n) is 2.42. The van der Waals surface area contributed by atoms with E-state index in [-0.39, 0.29) is 39.7 Å². The first-order valence-corrected chi connectivity index (χ1v) is 7.92. The van der Waals surface area contributed by atoms with Gasteiger partial charge < -0.3 is 4.90 Å². The van der Waals surface area contributed by atoms with Gasteiger partial charge in [-0.25, -0.2) is 8.78 Å². The summed E-state index contributed by atoms with van der Waals surface area (Å²) in [6.07, 6.45) is 1.69. The fourth-order valence-corrected chi connectivity index (χ4v) is 2.90. The third-order valence-electron chi connectivity index (χ3n) is 3.80. The molecule has 0 aliphatic heterocycles. The van der Waals surface area contributed by atoms with Gasteiger partial charge in [0.05, 0.1) is 17.1 Å². The van der Waals surface area contributed by atoms with Gasteiger partial charge in [0.2, 0.25) is 0 Å². The average Bonchev–Trinajstić information content (AvgIpc) is 3.31. The molecular formula is C17H13Cl2F2NO. The van der Waals surface area contributed by atoms with Crippen molar-refractivity contribution in [2.45, 2.75) is 25.4 Å². The lowest BCUT2D eigenvalue weighted by molar-refractivity contribution is 0.0728. The highest BCUT2D eigenvalue weighted by Gasteiger charge is 2.34. The standard InChI is InChI=1S/C17H13Cl2F2NO/c18-14-2-1-3-16(21)13(14)9-22(11-5-6-11)17(23)12-7-4-10(20)8-15(12)19/h1-4,7-8,11H,5-6,9H2. The number of halogens is 4.